The van der Waals surface area contributed by atoms with Gasteiger partial charge in [0.25, 0.3) is 0 Å². The van der Waals surface area contributed by atoms with Crippen LogP contribution in [0.15, 0.2) is 59.8 Å². The average Bonchev–Trinajstić information content (AvgIpc) is 3.43. The van der Waals surface area contributed by atoms with Crippen molar-refractivity contribution in [3.63, 3.8) is 0 Å². The number of rotatable bonds is 7. The zero-order chi connectivity index (χ0) is 20.9. The summed E-state index contributed by atoms with van der Waals surface area (Å²) in [5.74, 6) is 1.17. The van der Waals surface area contributed by atoms with Gasteiger partial charge in [0.2, 0.25) is 5.91 Å². The van der Waals surface area contributed by atoms with Crippen LogP contribution in [0.3, 0.4) is 0 Å². The van der Waals surface area contributed by atoms with Gasteiger partial charge in [0, 0.05) is 23.8 Å². The molecule has 1 aromatic heterocycles. The molecule has 1 fully saturated rings. The van der Waals surface area contributed by atoms with Gasteiger partial charge in [-0.2, -0.15) is 0 Å². The number of hydrogen-bond donors (Lipinski definition) is 0. The van der Waals surface area contributed by atoms with Gasteiger partial charge in [0.05, 0.1) is 10.8 Å². The minimum Gasteiger partial charge on any atom is -0.312 e. The van der Waals surface area contributed by atoms with Crippen LogP contribution in [0.5, 0.6) is 0 Å². The van der Waals surface area contributed by atoms with Crippen LogP contribution in [0.1, 0.15) is 38.6 Å². The molecule has 0 spiro atoms. The molecule has 0 unspecified atom stereocenters. The lowest BCUT2D eigenvalue weighted by Crippen LogP contribution is -2.32. The van der Waals surface area contributed by atoms with Gasteiger partial charge in [-0.25, -0.2) is 0 Å². The molecule has 30 heavy (non-hydrogen) atoms. The first-order valence-electron chi connectivity index (χ1n) is 10.4. The van der Waals surface area contributed by atoms with Crippen molar-refractivity contribution >= 4 is 35.0 Å². The van der Waals surface area contributed by atoms with Crippen molar-refractivity contribution in [2.45, 2.75) is 43.8 Å². The Morgan fingerprint density at radius 1 is 1.10 bits per heavy atom. The van der Waals surface area contributed by atoms with Crippen LogP contribution in [0.25, 0.3) is 11.4 Å². The highest BCUT2D eigenvalue weighted by Gasteiger charge is 2.26. The lowest BCUT2D eigenvalue weighted by Gasteiger charge is -2.21. The number of halogens is 1. The molecule has 0 aliphatic heterocycles. The molecule has 1 heterocycles. The Balaban J connectivity index is 1.58. The number of carbonyl (C=O) groups is 1. The van der Waals surface area contributed by atoms with Gasteiger partial charge >= 0.3 is 0 Å². The van der Waals surface area contributed by atoms with Gasteiger partial charge < -0.3 is 4.90 Å². The van der Waals surface area contributed by atoms with Gasteiger partial charge in [-0.15, -0.1) is 10.2 Å². The smallest absolute Gasteiger partial charge is 0.237 e. The van der Waals surface area contributed by atoms with E-state index in [1.165, 1.54) is 24.6 Å². The van der Waals surface area contributed by atoms with Crippen LogP contribution in [-0.4, -0.2) is 33.0 Å². The maximum Gasteiger partial charge on any atom is 0.237 e. The van der Waals surface area contributed by atoms with E-state index < -0.39 is 0 Å². The first-order chi connectivity index (χ1) is 14.7. The number of carbonyl (C=O) groups excluding carboxylic acids is 1. The molecule has 1 aliphatic carbocycles. The number of anilines is 1. The third kappa shape index (κ3) is 4.40. The number of amides is 1. The Morgan fingerprint density at radius 2 is 1.80 bits per heavy atom. The molecule has 156 valence electrons. The maximum absolute atomic E-state index is 12.9. The second-order valence-corrected chi connectivity index (χ2v) is 8.71. The minimum absolute atomic E-state index is 0.0639. The fourth-order valence-electron chi connectivity index (χ4n) is 4.01. The summed E-state index contributed by atoms with van der Waals surface area (Å²) in [5, 5.41) is 10.4. The van der Waals surface area contributed by atoms with E-state index >= 15 is 0 Å². The standard InChI is InChI=1S/C23H25ClN4OS/c1-2-27(17-10-4-3-5-11-17)21(29)16-30-23-26-25-22(19-14-8-9-15-20(19)24)28(23)18-12-6-7-13-18/h3-5,8-11,14-15,18H,2,6-7,12-13,16H2,1H3. The fourth-order valence-corrected chi connectivity index (χ4v) is 5.11. The molecule has 2 aromatic carbocycles. The third-order valence-corrected chi connectivity index (χ3v) is 6.74. The Bertz CT molecular complexity index is 1000. The summed E-state index contributed by atoms with van der Waals surface area (Å²) >= 11 is 7.91. The number of thioether (sulfide) groups is 1. The number of para-hydroxylation sites is 1. The van der Waals surface area contributed by atoms with E-state index in [0.29, 0.717) is 23.4 Å². The summed E-state index contributed by atoms with van der Waals surface area (Å²) in [6, 6.07) is 17.9. The summed E-state index contributed by atoms with van der Waals surface area (Å²) in [6.07, 6.45) is 4.60. The molecule has 7 heteroatoms. The molecular weight excluding hydrogens is 416 g/mol. The Morgan fingerprint density at radius 3 is 2.50 bits per heavy atom. The molecule has 0 atom stereocenters. The van der Waals surface area contributed by atoms with Gasteiger partial charge in [0.1, 0.15) is 0 Å². The molecule has 1 saturated carbocycles. The van der Waals surface area contributed by atoms with Gasteiger partial charge in [-0.3, -0.25) is 9.36 Å². The number of hydrogen-bond acceptors (Lipinski definition) is 4. The predicted octanol–water partition coefficient (Wildman–Crippen LogP) is 5.86. The number of nitrogens with zero attached hydrogens (tertiary/aromatic N) is 4. The lowest BCUT2D eigenvalue weighted by atomic mass is 10.2. The second-order valence-electron chi connectivity index (χ2n) is 7.36. The lowest BCUT2D eigenvalue weighted by molar-refractivity contribution is -0.116. The van der Waals surface area contributed by atoms with Crippen LogP contribution in [0.2, 0.25) is 5.02 Å². The van der Waals surface area contributed by atoms with E-state index in [1.807, 2.05) is 61.5 Å². The van der Waals surface area contributed by atoms with Gasteiger partial charge in [-0.05, 0) is 44.0 Å². The highest BCUT2D eigenvalue weighted by Crippen LogP contribution is 2.38. The van der Waals surface area contributed by atoms with Gasteiger partial charge in [0.15, 0.2) is 11.0 Å². The van der Waals surface area contributed by atoms with Crippen molar-refractivity contribution in [2.24, 2.45) is 0 Å². The normalized spacial score (nSPS) is 14.2. The largest absolute Gasteiger partial charge is 0.312 e. The quantitative estimate of drug-likeness (QED) is 0.432. The highest BCUT2D eigenvalue weighted by atomic mass is 35.5. The van der Waals surface area contributed by atoms with E-state index in [0.717, 1.165) is 35.1 Å². The van der Waals surface area contributed by atoms with Crippen LogP contribution in [0.4, 0.5) is 5.69 Å². The SMILES string of the molecule is CCN(C(=O)CSc1nnc(-c2ccccc2Cl)n1C1CCCC1)c1ccccc1. The molecular formula is C23H25ClN4OS. The van der Waals surface area contributed by atoms with Crippen molar-refractivity contribution in [1.82, 2.24) is 14.8 Å². The average molecular weight is 441 g/mol. The van der Waals surface area contributed by atoms with E-state index in [-0.39, 0.29) is 5.91 Å². The number of benzene rings is 2. The summed E-state index contributed by atoms with van der Waals surface area (Å²) < 4.78 is 2.20. The molecule has 1 aliphatic rings. The molecule has 0 radical (unpaired) electrons. The van der Waals surface area contributed by atoms with E-state index in [1.54, 1.807) is 4.90 Å². The second kappa shape index (κ2) is 9.67. The highest BCUT2D eigenvalue weighted by molar-refractivity contribution is 7.99. The van der Waals surface area contributed by atoms with E-state index in [4.69, 9.17) is 11.6 Å². The summed E-state index contributed by atoms with van der Waals surface area (Å²) in [4.78, 5) is 14.7. The monoisotopic (exact) mass is 440 g/mol. The molecule has 4 rings (SSSR count). The minimum atomic E-state index is 0.0639. The van der Waals surface area contributed by atoms with Crippen molar-refractivity contribution in [1.29, 1.82) is 0 Å². The Labute approximate surface area is 186 Å². The Kier molecular flexibility index (Phi) is 6.75. The molecule has 0 N–H and O–H groups in total. The van der Waals surface area contributed by atoms with Crippen molar-refractivity contribution in [3.8, 4) is 11.4 Å². The molecule has 0 bridgehead atoms. The van der Waals surface area contributed by atoms with Gasteiger partial charge in [-0.1, -0.05) is 66.5 Å². The number of aromatic nitrogens is 3. The first kappa shape index (κ1) is 20.9. The zero-order valence-corrected chi connectivity index (χ0v) is 18.6. The van der Waals surface area contributed by atoms with Crippen molar-refractivity contribution < 1.29 is 4.79 Å². The maximum atomic E-state index is 12.9. The fraction of sp³-hybridized carbons (Fsp3) is 0.348. The van der Waals surface area contributed by atoms with Crippen LogP contribution in [-0.2, 0) is 4.79 Å². The molecule has 0 saturated heterocycles. The zero-order valence-electron chi connectivity index (χ0n) is 17.0. The topological polar surface area (TPSA) is 51.0 Å². The van der Waals surface area contributed by atoms with Crippen molar-refractivity contribution in [3.05, 3.63) is 59.6 Å². The van der Waals surface area contributed by atoms with Crippen LogP contribution < -0.4 is 4.90 Å². The van der Waals surface area contributed by atoms with Crippen LogP contribution in [0, 0.1) is 0 Å². The summed E-state index contributed by atoms with van der Waals surface area (Å²) in [5.41, 5.74) is 1.80. The first-order valence-corrected chi connectivity index (χ1v) is 11.7. The van der Waals surface area contributed by atoms with E-state index in [9.17, 15) is 4.79 Å². The van der Waals surface area contributed by atoms with Crippen molar-refractivity contribution in [2.75, 3.05) is 17.2 Å². The van der Waals surface area contributed by atoms with E-state index in [2.05, 4.69) is 14.8 Å². The summed E-state index contributed by atoms with van der Waals surface area (Å²) in [6.45, 7) is 2.62. The molecule has 1 amide bonds. The molecule has 3 aromatic rings. The predicted molar refractivity (Wildman–Crippen MR) is 123 cm³/mol. The Hall–Kier alpha value is -2.31. The summed E-state index contributed by atoms with van der Waals surface area (Å²) in [7, 11) is 0. The molecule has 5 nitrogen and oxygen atoms in total. The van der Waals surface area contributed by atoms with Crippen LogP contribution >= 0.6 is 23.4 Å². The third-order valence-electron chi connectivity index (χ3n) is 5.48.